The van der Waals surface area contributed by atoms with Crippen LogP contribution in [0, 0.1) is 13.0 Å². The van der Waals surface area contributed by atoms with E-state index in [9.17, 15) is 4.79 Å². The van der Waals surface area contributed by atoms with Crippen LogP contribution in [0.4, 0.5) is 0 Å². The maximum Gasteiger partial charge on any atom is 0.155 e. The fraction of sp³-hybridized carbons (Fsp3) is 0.222. The van der Waals surface area contributed by atoms with E-state index in [0.717, 1.165) is 22.5 Å². The van der Waals surface area contributed by atoms with Crippen molar-refractivity contribution in [3.8, 4) is 11.3 Å². The molecule has 2 aromatic heterocycles. The Balaban J connectivity index is 0.000000318. The van der Waals surface area contributed by atoms with Crippen molar-refractivity contribution in [2.75, 3.05) is 0 Å². The third-order valence-corrected chi connectivity index (χ3v) is 5.65. The van der Waals surface area contributed by atoms with Crippen molar-refractivity contribution in [1.82, 2.24) is 9.97 Å². The minimum Gasteiger partial charge on any atom is -0.512 e. The second kappa shape index (κ2) is 8.93. The van der Waals surface area contributed by atoms with Crippen molar-refractivity contribution in [1.29, 1.82) is 0 Å². The van der Waals surface area contributed by atoms with Gasteiger partial charge in [-0.3, -0.25) is 9.78 Å². The Morgan fingerprint density at radius 1 is 1.16 bits per heavy atom. The number of nitrogens with zero attached hydrogens (tertiary/aromatic N) is 2. The summed E-state index contributed by atoms with van der Waals surface area (Å²) in [7, 11) is 0. The summed E-state index contributed by atoms with van der Waals surface area (Å²) in [5.41, 5.74) is 6.71. The third kappa shape index (κ3) is 4.11. The molecule has 1 N–H and O–H groups in total. The number of aromatic nitrogens is 2. The van der Waals surface area contributed by atoms with Crippen molar-refractivity contribution >= 4 is 27.5 Å². The number of carbonyl (C=O) groups excluding carboxylic acids is 1. The SMILES string of the molecule is CC(=O)/C=C(/C)O.Cc1cc2c3c(nccc3n1)-c1[c-]cc3ccccc3c1C2(C)C.[Ir]. The quantitative estimate of drug-likeness (QED) is 0.160. The summed E-state index contributed by atoms with van der Waals surface area (Å²) in [6.07, 6.45) is 3.03. The van der Waals surface area contributed by atoms with Gasteiger partial charge in [0.15, 0.2) is 5.78 Å². The minimum absolute atomic E-state index is 0. The number of aliphatic hydroxyl groups excluding tert-OH is 1. The van der Waals surface area contributed by atoms with Gasteiger partial charge in [-0.2, -0.15) is 0 Å². The Hall–Kier alpha value is -2.88. The summed E-state index contributed by atoms with van der Waals surface area (Å²) in [4.78, 5) is 19.5. The van der Waals surface area contributed by atoms with Crippen molar-refractivity contribution in [3.05, 3.63) is 83.4 Å². The number of pyridine rings is 2. The van der Waals surface area contributed by atoms with E-state index < -0.39 is 0 Å². The predicted octanol–water partition coefficient (Wildman–Crippen LogP) is 6.23. The topological polar surface area (TPSA) is 63.1 Å². The van der Waals surface area contributed by atoms with Gasteiger partial charge in [-0.25, -0.2) is 0 Å². The first kappa shape index (κ1) is 23.8. The van der Waals surface area contributed by atoms with Crippen LogP contribution < -0.4 is 0 Å². The molecule has 165 valence electrons. The molecule has 0 fully saturated rings. The number of aryl methyl sites for hydroxylation is 1. The maximum absolute atomic E-state index is 10.0. The molecule has 4 aromatic rings. The van der Waals surface area contributed by atoms with Gasteiger partial charge in [0, 0.05) is 38.1 Å². The molecular formula is C27H25IrN2O2-. The van der Waals surface area contributed by atoms with Gasteiger partial charge in [0.25, 0.3) is 0 Å². The van der Waals surface area contributed by atoms with E-state index >= 15 is 0 Å². The fourth-order valence-electron chi connectivity index (χ4n) is 4.47. The number of fused-ring (bicyclic) bond motifs is 4. The van der Waals surface area contributed by atoms with Gasteiger partial charge in [-0.15, -0.1) is 23.3 Å². The van der Waals surface area contributed by atoms with E-state index in [2.05, 4.69) is 63.2 Å². The molecule has 5 heteroatoms. The molecule has 0 aliphatic heterocycles. The summed E-state index contributed by atoms with van der Waals surface area (Å²) in [6, 6.07) is 18.4. The van der Waals surface area contributed by atoms with Crippen molar-refractivity contribution in [2.45, 2.75) is 40.0 Å². The molecule has 0 spiro atoms. The van der Waals surface area contributed by atoms with Crippen molar-refractivity contribution in [3.63, 3.8) is 0 Å². The first-order valence-corrected chi connectivity index (χ1v) is 10.3. The summed E-state index contributed by atoms with van der Waals surface area (Å²) in [6.45, 7) is 9.52. The average molecular weight is 602 g/mol. The monoisotopic (exact) mass is 602 g/mol. The number of carbonyl (C=O) groups is 1. The van der Waals surface area contributed by atoms with Crippen molar-refractivity contribution < 1.29 is 30.0 Å². The van der Waals surface area contributed by atoms with Crippen LogP contribution >= 0.6 is 0 Å². The molecule has 1 radical (unpaired) electrons. The first-order chi connectivity index (χ1) is 14.7. The molecule has 0 unspecified atom stereocenters. The standard InChI is InChI=1S/C22H17N2.C5H8O2.Ir/c1-13-12-17-19-18(24-13)10-11-23-21(19)16-9-8-14-6-4-5-7-15(14)20(16)22(17,2)3;1-4(6)3-5(2)7;/h4-8,10-12H,1-3H3;3,6H,1-2H3;/q-1;;/b;4-3-;. The molecule has 0 saturated carbocycles. The van der Waals surface area contributed by atoms with Crippen LogP contribution in [0.5, 0.6) is 0 Å². The Kier molecular flexibility index (Phi) is 6.64. The molecule has 32 heavy (non-hydrogen) atoms. The Morgan fingerprint density at radius 3 is 2.53 bits per heavy atom. The molecule has 1 aliphatic rings. The molecular weight excluding hydrogens is 577 g/mol. The number of rotatable bonds is 1. The van der Waals surface area contributed by atoms with Crippen LogP contribution in [0.2, 0.25) is 0 Å². The number of benzene rings is 2. The zero-order valence-corrected chi connectivity index (χ0v) is 21.2. The number of aliphatic hydroxyl groups is 1. The van der Waals surface area contributed by atoms with Crippen LogP contribution in [0.15, 0.2) is 60.5 Å². The second-order valence-corrected chi connectivity index (χ2v) is 8.51. The molecule has 2 aromatic carbocycles. The molecule has 0 atom stereocenters. The van der Waals surface area contributed by atoms with E-state index in [1.165, 1.54) is 47.2 Å². The summed E-state index contributed by atoms with van der Waals surface area (Å²) < 4.78 is 0. The van der Waals surface area contributed by atoms with E-state index in [1.54, 1.807) is 0 Å². The second-order valence-electron chi connectivity index (χ2n) is 8.51. The van der Waals surface area contributed by atoms with Gasteiger partial charge in [0.05, 0.1) is 11.3 Å². The molecule has 0 amide bonds. The maximum atomic E-state index is 10.0. The minimum atomic E-state index is -0.125. The van der Waals surface area contributed by atoms with Gasteiger partial charge in [0.2, 0.25) is 0 Å². The normalized spacial score (nSPS) is 13.6. The first-order valence-electron chi connectivity index (χ1n) is 10.3. The number of hydrogen-bond acceptors (Lipinski definition) is 4. The number of allylic oxidation sites excluding steroid dienone is 2. The summed E-state index contributed by atoms with van der Waals surface area (Å²) in [5, 5.41) is 12.1. The Labute approximate surface area is 201 Å². The van der Waals surface area contributed by atoms with Crippen LogP contribution in [-0.2, 0) is 30.3 Å². The number of ketones is 1. The van der Waals surface area contributed by atoms with Crippen molar-refractivity contribution in [2.24, 2.45) is 0 Å². The molecule has 0 bridgehead atoms. The van der Waals surface area contributed by atoms with Gasteiger partial charge in [-0.05, 0) is 55.0 Å². The van der Waals surface area contributed by atoms with E-state index in [-0.39, 0.29) is 37.1 Å². The average Bonchev–Trinajstić information content (AvgIpc) is 2.70. The largest absolute Gasteiger partial charge is 0.512 e. The van der Waals surface area contributed by atoms with Crippen LogP contribution in [0.3, 0.4) is 0 Å². The smallest absolute Gasteiger partial charge is 0.155 e. The van der Waals surface area contributed by atoms with E-state index in [1.807, 2.05) is 12.3 Å². The third-order valence-electron chi connectivity index (χ3n) is 5.65. The zero-order valence-electron chi connectivity index (χ0n) is 18.8. The van der Waals surface area contributed by atoms with E-state index in [0.29, 0.717) is 0 Å². The van der Waals surface area contributed by atoms with E-state index in [4.69, 9.17) is 15.1 Å². The Morgan fingerprint density at radius 2 is 1.88 bits per heavy atom. The fourth-order valence-corrected chi connectivity index (χ4v) is 4.47. The van der Waals surface area contributed by atoms with Crippen LogP contribution in [-0.4, -0.2) is 20.9 Å². The van der Waals surface area contributed by atoms with Gasteiger partial charge in [0.1, 0.15) is 0 Å². The summed E-state index contributed by atoms with van der Waals surface area (Å²) >= 11 is 0. The molecule has 2 heterocycles. The van der Waals surface area contributed by atoms with Crippen LogP contribution in [0.25, 0.3) is 32.9 Å². The Bertz CT molecular complexity index is 1370. The molecule has 5 rings (SSSR count). The van der Waals surface area contributed by atoms with Crippen LogP contribution in [0.1, 0.15) is 44.5 Å². The molecule has 1 aliphatic carbocycles. The molecule has 0 saturated heterocycles. The van der Waals surface area contributed by atoms with Gasteiger partial charge < -0.3 is 10.1 Å². The van der Waals surface area contributed by atoms with Gasteiger partial charge in [-0.1, -0.05) is 48.9 Å². The number of hydrogen-bond donors (Lipinski definition) is 1. The summed E-state index contributed by atoms with van der Waals surface area (Å²) in [5.74, 6) is -0.0625. The zero-order chi connectivity index (χ0) is 22.3. The predicted molar refractivity (Wildman–Crippen MR) is 125 cm³/mol. The molecule has 4 nitrogen and oxygen atoms in total. The van der Waals surface area contributed by atoms with Gasteiger partial charge >= 0.3 is 0 Å².